The van der Waals surface area contributed by atoms with Gasteiger partial charge in [0.05, 0.1) is 5.69 Å². The van der Waals surface area contributed by atoms with Crippen molar-refractivity contribution < 1.29 is 4.42 Å². The van der Waals surface area contributed by atoms with Gasteiger partial charge in [0.2, 0.25) is 0 Å². The van der Waals surface area contributed by atoms with Crippen LogP contribution in [0, 0.1) is 0 Å². The maximum atomic E-state index is 6.62. The Balaban J connectivity index is 1.11. The first kappa shape index (κ1) is 30.0. The van der Waals surface area contributed by atoms with Crippen LogP contribution in [0.15, 0.2) is 205 Å². The Kier molecular flexibility index (Phi) is 7.18. The van der Waals surface area contributed by atoms with Gasteiger partial charge < -0.3 is 9.32 Å². The van der Waals surface area contributed by atoms with E-state index >= 15 is 0 Å². The van der Waals surface area contributed by atoms with E-state index in [1.165, 1.54) is 38.4 Å². The number of benzene rings is 9. The molecule has 10 rings (SSSR count). The molecule has 0 unspecified atom stereocenters. The van der Waals surface area contributed by atoms with E-state index in [2.05, 4.69) is 205 Å². The molecule has 0 fully saturated rings. The summed E-state index contributed by atoms with van der Waals surface area (Å²) in [6.07, 6.45) is 0. The molecule has 0 aliphatic rings. The Morgan fingerprint density at radius 3 is 1.67 bits per heavy atom. The summed E-state index contributed by atoms with van der Waals surface area (Å²) in [7, 11) is 0. The molecular weight excluding hydrogens is 631 g/mol. The molecule has 2 heteroatoms. The molecule has 0 atom stereocenters. The van der Waals surface area contributed by atoms with Gasteiger partial charge in [0.25, 0.3) is 0 Å². The summed E-state index contributed by atoms with van der Waals surface area (Å²) in [5.41, 5.74) is 12.1. The van der Waals surface area contributed by atoms with Crippen molar-refractivity contribution in [3.63, 3.8) is 0 Å². The lowest BCUT2D eigenvalue weighted by Crippen LogP contribution is -2.11. The van der Waals surface area contributed by atoms with Crippen LogP contribution in [0.1, 0.15) is 0 Å². The van der Waals surface area contributed by atoms with Gasteiger partial charge >= 0.3 is 0 Å². The molecule has 0 amide bonds. The molecule has 1 heterocycles. The molecule has 10 aromatic rings. The highest BCUT2D eigenvalue weighted by Crippen LogP contribution is 2.44. The SMILES string of the molecule is c1ccc(-c2ccc(N(c3ccc(-c4cccc5ccccc45)cc3)c3ccccc3-c3ccc4c(c3)oc3c5ccccc5ccc43)cc2)cc1. The lowest BCUT2D eigenvalue weighted by Gasteiger charge is -2.28. The van der Waals surface area contributed by atoms with E-state index in [1.807, 2.05) is 0 Å². The molecule has 244 valence electrons. The van der Waals surface area contributed by atoms with E-state index in [0.717, 1.165) is 55.5 Å². The third-order valence-corrected chi connectivity index (χ3v) is 10.3. The van der Waals surface area contributed by atoms with Gasteiger partial charge in [0.15, 0.2) is 0 Å². The minimum atomic E-state index is 0.886. The molecule has 0 spiro atoms. The van der Waals surface area contributed by atoms with Gasteiger partial charge in [-0.15, -0.1) is 0 Å². The van der Waals surface area contributed by atoms with Crippen LogP contribution in [0.5, 0.6) is 0 Å². The Bertz CT molecular complexity index is 2880. The van der Waals surface area contributed by atoms with Crippen LogP contribution in [0.3, 0.4) is 0 Å². The van der Waals surface area contributed by atoms with Gasteiger partial charge in [0, 0.05) is 33.1 Å². The van der Waals surface area contributed by atoms with Gasteiger partial charge in [0.1, 0.15) is 11.2 Å². The molecule has 0 radical (unpaired) electrons. The van der Waals surface area contributed by atoms with Crippen LogP contribution in [-0.2, 0) is 0 Å². The number of furan rings is 1. The summed E-state index contributed by atoms with van der Waals surface area (Å²) in [6, 6.07) is 71.6. The number of nitrogens with zero attached hydrogens (tertiary/aromatic N) is 1. The summed E-state index contributed by atoms with van der Waals surface area (Å²) < 4.78 is 6.62. The fourth-order valence-electron chi connectivity index (χ4n) is 7.71. The topological polar surface area (TPSA) is 16.4 Å². The average molecular weight is 664 g/mol. The maximum absolute atomic E-state index is 6.62. The number of hydrogen-bond acceptors (Lipinski definition) is 2. The van der Waals surface area contributed by atoms with Crippen LogP contribution < -0.4 is 4.90 Å². The van der Waals surface area contributed by atoms with Crippen molar-refractivity contribution in [1.82, 2.24) is 0 Å². The Morgan fingerprint density at radius 1 is 0.327 bits per heavy atom. The highest BCUT2D eigenvalue weighted by atomic mass is 16.3. The minimum Gasteiger partial charge on any atom is -0.455 e. The van der Waals surface area contributed by atoms with E-state index in [1.54, 1.807) is 0 Å². The molecule has 0 bridgehead atoms. The normalized spacial score (nSPS) is 11.5. The predicted octanol–water partition coefficient (Wildman–Crippen LogP) is 14.4. The first-order chi connectivity index (χ1) is 25.8. The Morgan fingerprint density at radius 2 is 0.885 bits per heavy atom. The van der Waals surface area contributed by atoms with Gasteiger partial charge in [-0.1, -0.05) is 152 Å². The van der Waals surface area contributed by atoms with Gasteiger partial charge in [-0.3, -0.25) is 0 Å². The van der Waals surface area contributed by atoms with E-state index < -0.39 is 0 Å². The highest BCUT2D eigenvalue weighted by molar-refractivity contribution is 6.15. The van der Waals surface area contributed by atoms with Crippen molar-refractivity contribution >= 4 is 60.5 Å². The van der Waals surface area contributed by atoms with Crippen molar-refractivity contribution in [2.24, 2.45) is 0 Å². The molecule has 52 heavy (non-hydrogen) atoms. The fraction of sp³-hybridized carbons (Fsp3) is 0. The average Bonchev–Trinajstić information content (AvgIpc) is 3.60. The van der Waals surface area contributed by atoms with Crippen LogP contribution >= 0.6 is 0 Å². The van der Waals surface area contributed by atoms with Crippen molar-refractivity contribution in [3.8, 4) is 33.4 Å². The van der Waals surface area contributed by atoms with Crippen molar-refractivity contribution in [2.45, 2.75) is 0 Å². The number of rotatable bonds is 6. The molecule has 2 nitrogen and oxygen atoms in total. The van der Waals surface area contributed by atoms with Crippen molar-refractivity contribution in [3.05, 3.63) is 200 Å². The van der Waals surface area contributed by atoms with Crippen LogP contribution in [0.2, 0.25) is 0 Å². The highest BCUT2D eigenvalue weighted by Gasteiger charge is 2.19. The van der Waals surface area contributed by atoms with Crippen LogP contribution in [0.25, 0.3) is 76.9 Å². The Hall–Kier alpha value is -6.90. The second-order valence-electron chi connectivity index (χ2n) is 13.3. The molecule has 0 aliphatic carbocycles. The van der Waals surface area contributed by atoms with E-state index in [9.17, 15) is 0 Å². The van der Waals surface area contributed by atoms with Crippen LogP contribution in [-0.4, -0.2) is 0 Å². The van der Waals surface area contributed by atoms with Gasteiger partial charge in [-0.05, 0) is 92.5 Å². The zero-order valence-corrected chi connectivity index (χ0v) is 28.4. The first-order valence-electron chi connectivity index (χ1n) is 17.8. The Labute approximate surface area is 302 Å². The zero-order valence-electron chi connectivity index (χ0n) is 28.4. The zero-order chi connectivity index (χ0) is 34.4. The van der Waals surface area contributed by atoms with Crippen molar-refractivity contribution in [1.29, 1.82) is 0 Å². The first-order valence-corrected chi connectivity index (χ1v) is 17.8. The quantitative estimate of drug-likeness (QED) is 0.176. The number of hydrogen-bond donors (Lipinski definition) is 0. The summed E-state index contributed by atoms with van der Waals surface area (Å²) in [6.45, 7) is 0. The lowest BCUT2D eigenvalue weighted by atomic mass is 9.97. The summed E-state index contributed by atoms with van der Waals surface area (Å²) in [5, 5.41) is 7.08. The lowest BCUT2D eigenvalue weighted by molar-refractivity contribution is 0.673. The maximum Gasteiger partial charge on any atom is 0.143 e. The second-order valence-corrected chi connectivity index (χ2v) is 13.3. The van der Waals surface area contributed by atoms with E-state index in [0.29, 0.717) is 0 Å². The molecule has 9 aromatic carbocycles. The fourth-order valence-corrected chi connectivity index (χ4v) is 7.71. The summed E-state index contributed by atoms with van der Waals surface area (Å²) in [4.78, 5) is 2.37. The molecule has 0 N–H and O–H groups in total. The second kappa shape index (κ2) is 12.5. The predicted molar refractivity (Wildman–Crippen MR) is 220 cm³/mol. The van der Waals surface area contributed by atoms with Crippen molar-refractivity contribution in [2.75, 3.05) is 4.90 Å². The minimum absolute atomic E-state index is 0.886. The van der Waals surface area contributed by atoms with Gasteiger partial charge in [-0.2, -0.15) is 0 Å². The van der Waals surface area contributed by atoms with E-state index in [-0.39, 0.29) is 0 Å². The van der Waals surface area contributed by atoms with E-state index in [4.69, 9.17) is 4.42 Å². The molecule has 0 aliphatic heterocycles. The third kappa shape index (κ3) is 5.12. The molecular formula is C50H33NO. The smallest absolute Gasteiger partial charge is 0.143 e. The number of anilines is 3. The molecule has 0 saturated carbocycles. The standard InChI is InChI=1S/C50H33NO/c1-2-11-34(12-3-1)35-21-27-40(28-22-35)51(41-29-23-38(24-30-41)43-19-10-15-36-13-4-6-16-42(36)43)48-20-9-8-17-44(48)39-26-31-46-47-32-25-37-14-5-7-18-45(37)50(47)52-49(46)33-39/h1-33H. The molecule has 1 aromatic heterocycles. The number of para-hydroxylation sites is 1. The summed E-state index contributed by atoms with van der Waals surface area (Å²) >= 11 is 0. The van der Waals surface area contributed by atoms with Crippen LogP contribution in [0.4, 0.5) is 17.1 Å². The summed E-state index contributed by atoms with van der Waals surface area (Å²) in [5.74, 6) is 0. The monoisotopic (exact) mass is 663 g/mol. The molecule has 0 saturated heterocycles. The number of fused-ring (bicyclic) bond motifs is 6. The largest absolute Gasteiger partial charge is 0.455 e. The third-order valence-electron chi connectivity index (χ3n) is 10.3. The van der Waals surface area contributed by atoms with Gasteiger partial charge in [-0.25, -0.2) is 0 Å².